The van der Waals surface area contributed by atoms with Crippen LogP contribution in [0.2, 0.25) is 18.1 Å². The Morgan fingerprint density at radius 2 is 1.89 bits per heavy atom. The number of aryl methyl sites for hydroxylation is 1. The fourth-order valence-electron chi connectivity index (χ4n) is 2.60. The van der Waals surface area contributed by atoms with Gasteiger partial charge in [-0.15, -0.1) is 10.2 Å². The smallest absolute Gasteiger partial charge is 0.407 e. The largest absolute Gasteiger partial charge is 0.465 e. The average Bonchev–Trinajstić information content (AvgIpc) is 3.03. The van der Waals surface area contributed by atoms with E-state index in [-0.39, 0.29) is 11.6 Å². The molecule has 28 heavy (non-hydrogen) atoms. The molecule has 0 saturated heterocycles. The lowest BCUT2D eigenvalue weighted by Crippen LogP contribution is -2.48. The van der Waals surface area contributed by atoms with Crippen LogP contribution in [0.3, 0.4) is 0 Å². The van der Waals surface area contributed by atoms with E-state index in [1.807, 2.05) is 37.3 Å². The van der Waals surface area contributed by atoms with Crippen molar-refractivity contribution in [3.63, 3.8) is 0 Å². The van der Waals surface area contributed by atoms with E-state index in [9.17, 15) is 9.90 Å². The first-order valence-electron chi connectivity index (χ1n) is 9.37. The highest BCUT2D eigenvalue weighted by Crippen LogP contribution is 2.40. The van der Waals surface area contributed by atoms with Crippen LogP contribution < -0.4 is 0 Å². The number of aromatic nitrogens is 4. The second-order valence-corrected chi connectivity index (χ2v) is 13.3. The molecule has 8 nitrogen and oxygen atoms in total. The van der Waals surface area contributed by atoms with Crippen molar-refractivity contribution in [3.05, 3.63) is 41.7 Å². The van der Waals surface area contributed by atoms with Crippen molar-refractivity contribution in [3.8, 4) is 0 Å². The molecular weight excluding hydrogens is 374 g/mol. The number of hydrogen-bond donors (Lipinski definition) is 1. The molecule has 0 aliphatic heterocycles. The van der Waals surface area contributed by atoms with Crippen molar-refractivity contribution in [1.82, 2.24) is 25.1 Å². The minimum absolute atomic E-state index is 0.0410. The summed E-state index contributed by atoms with van der Waals surface area (Å²) >= 11 is 0. The molecule has 154 valence electrons. The molecule has 0 bridgehead atoms. The molecule has 0 spiro atoms. The van der Waals surface area contributed by atoms with Crippen LogP contribution in [0.4, 0.5) is 4.79 Å². The number of benzene rings is 1. The predicted octanol–water partition coefficient (Wildman–Crippen LogP) is 3.84. The Kier molecular flexibility index (Phi) is 6.61. The van der Waals surface area contributed by atoms with Crippen LogP contribution in [0.15, 0.2) is 30.3 Å². The molecule has 9 heteroatoms. The first kappa shape index (κ1) is 22.0. The predicted molar refractivity (Wildman–Crippen MR) is 109 cm³/mol. The number of carbonyl (C=O) groups is 1. The maximum absolute atomic E-state index is 12.1. The lowest BCUT2D eigenvalue weighted by atomic mass is 10.1. The standard InChI is InChI=1S/C19H31N5O3Si/c1-14(24(18(25)26)13-15-11-9-8-10-12-15)16(17-20-22-23(5)21-17)27-28(6,7)19(2,3)4/h8-12,14,16H,13H2,1-7H3,(H,25,26)/t14-,16-/m0/s1. The molecule has 1 heterocycles. The number of amides is 1. The molecule has 0 unspecified atom stereocenters. The van der Waals surface area contributed by atoms with E-state index in [4.69, 9.17) is 4.43 Å². The zero-order valence-electron chi connectivity index (χ0n) is 17.7. The molecule has 0 radical (unpaired) electrons. The summed E-state index contributed by atoms with van der Waals surface area (Å²) in [6, 6.07) is 9.03. The van der Waals surface area contributed by atoms with Crippen LogP contribution in [0.5, 0.6) is 0 Å². The lowest BCUT2D eigenvalue weighted by molar-refractivity contribution is 0.0532. The Balaban J connectivity index is 2.38. The molecule has 0 saturated carbocycles. The number of nitrogens with zero attached hydrogens (tertiary/aromatic N) is 5. The normalized spacial score (nSPS) is 14.5. The number of carboxylic acid groups (broad SMARTS) is 1. The van der Waals surface area contributed by atoms with Gasteiger partial charge in [0.15, 0.2) is 8.32 Å². The van der Waals surface area contributed by atoms with E-state index in [0.29, 0.717) is 5.82 Å². The Morgan fingerprint density at radius 1 is 1.29 bits per heavy atom. The van der Waals surface area contributed by atoms with Crippen molar-refractivity contribution in [2.45, 2.75) is 64.5 Å². The van der Waals surface area contributed by atoms with Gasteiger partial charge in [0.25, 0.3) is 0 Å². The van der Waals surface area contributed by atoms with E-state index in [0.717, 1.165) is 5.56 Å². The molecular formula is C19H31N5O3Si. The summed E-state index contributed by atoms with van der Waals surface area (Å²) in [5.41, 5.74) is 0.912. The van der Waals surface area contributed by atoms with Gasteiger partial charge in [0, 0.05) is 6.54 Å². The molecule has 0 fully saturated rings. The van der Waals surface area contributed by atoms with Gasteiger partial charge < -0.3 is 9.53 Å². The Hall–Kier alpha value is -2.26. The topological polar surface area (TPSA) is 93.4 Å². The maximum Gasteiger partial charge on any atom is 0.407 e. The summed E-state index contributed by atoms with van der Waals surface area (Å²) in [4.78, 5) is 14.8. The highest BCUT2D eigenvalue weighted by Gasteiger charge is 2.43. The van der Waals surface area contributed by atoms with Crippen molar-refractivity contribution in [2.24, 2.45) is 7.05 Å². The van der Waals surface area contributed by atoms with Gasteiger partial charge >= 0.3 is 6.09 Å². The van der Waals surface area contributed by atoms with Crippen LogP contribution in [0.1, 0.15) is 45.2 Å². The van der Waals surface area contributed by atoms with Crippen molar-refractivity contribution in [2.75, 3.05) is 0 Å². The zero-order chi connectivity index (χ0) is 21.1. The zero-order valence-corrected chi connectivity index (χ0v) is 18.7. The third kappa shape index (κ3) is 5.17. The first-order valence-corrected chi connectivity index (χ1v) is 12.3. The fourth-order valence-corrected chi connectivity index (χ4v) is 3.89. The summed E-state index contributed by atoms with van der Waals surface area (Å²) in [6.45, 7) is 12.8. The van der Waals surface area contributed by atoms with Crippen molar-refractivity contribution < 1.29 is 14.3 Å². The quantitative estimate of drug-likeness (QED) is 0.704. The summed E-state index contributed by atoms with van der Waals surface area (Å²) in [6.07, 6.45) is -1.61. The maximum atomic E-state index is 12.1. The van der Waals surface area contributed by atoms with Gasteiger partial charge in [0.1, 0.15) is 6.10 Å². The van der Waals surface area contributed by atoms with Crippen LogP contribution >= 0.6 is 0 Å². The molecule has 2 aromatic rings. The van der Waals surface area contributed by atoms with Crippen LogP contribution in [-0.4, -0.2) is 50.7 Å². The third-order valence-corrected chi connectivity index (χ3v) is 9.83. The second-order valence-electron chi connectivity index (χ2n) is 8.57. The average molecular weight is 406 g/mol. The molecule has 2 rings (SSSR count). The Morgan fingerprint density at radius 3 is 2.36 bits per heavy atom. The van der Waals surface area contributed by atoms with Gasteiger partial charge in [-0.1, -0.05) is 51.1 Å². The van der Waals surface area contributed by atoms with Gasteiger partial charge in [-0.2, -0.15) is 4.80 Å². The number of tetrazole rings is 1. The molecule has 1 amide bonds. The molecule has 1 N–H and O–H groups in total. The van der Waals surface area contributed by atoms with Gasteiger partial charge in [0.2, 0.25) is 5.82 Å². The van der Waals surface area contributed by atoms with Crippen LogP contribution in [0.25, 0.3) is 0 Å². The second kappa shape index (κ2) is 8.40. The lowest BCUT2D eigenvalue weighted by Gasteiger charge is -2.41. The van der Waals surface area contributed by atoms with E-state index < -0.39 is 26.6 Å². The minimum atomic E-state index is -2.21. The van der Waals surface area contributed by atoms with Crippen LogP contribution in [-0.2, 0) is 18.0 Å². The van der Waals surface area contributed by atoms with E-state index >= 15 is 0 Å². The monoisotopic (exact) mass is 405 g/mol. The highest BCUT2D eigenvalue weighted by atomic mass is 28.4. The molecule has 0 aliphatic carbocycles. The molecule has 1 aromatic heterocycles. The molecule has 0 aliphatic rings. The number of hydrogen-bond acceptors (Lipinski definition) is 5. The summed E-state index contributed by atoms with van der Waals surface area (Å²) in [5.74, 6) is 0.402. The van der Waals surface area contributed by atoms with Gasteiger partial charge in [0.05, 0.1) is 13.1 Å². The summed E-state index contributed by atoms with van der Waals surface area (Å²) in [7, 11) is -0.530. The summed E-state index contributed by atoms with van der Waals surface area (Å²) < 4.78 is 6.59. The van der Waals surface area contributed by atoms with E-state index in [1.165, 1.54) is 9.70 Å². The molecule has 2 atom stereocenters. The van der Waals surface area contributed by atoms with E-state index in [2.05, 4.69) is 49.3 Å². The Labute approximate surface area is 167 Å². The third-order valence-electron chi connectivity index (χ3n) is 5.38. The number of rotatable bonds is 7. The molecule has 1 aromatic carbocycles. The highest BCUT2D eigenvalue weighted by molar-refractivity contribution is 6.74. The van der Waals surface area contributed by atoms with Gasteiger partial charge in [-0.25, -0.2) is 4.79 Å². The summed E-state index contributed by atoms with van der Waals surface area (Å²) in [5, 5.41) is 22.2. The van der Waals surface area contributed by atoms with Gasteiger partial charge in [-0.3, -0.25) is 4.90 Å². The minimum Gasteiger partial charge on any atom is -0.465 e. The van der Waals surface area contributed by atoms with Crippen molar-refractivity contribution in [1.29, 1.82) is 0 Å². The van der Waals surface area contributed by atoms with Crippen molar-refractivity contribution >= 4 is 14.4 Å². The van der Waals surface area contributed by atoms with Gasteiger partial charge in [-0.05, 0) is 35.8 Å². The van der Waals surface area contributed by atoms with E-state index in [1.54, 1.807) is 7.05 Å². The van der Waals surface area contributed by atoms with Crippen LogP contribution in [0, 0.1) is 0 Å². The first-order chi connectivity index (χ1) is 12.9. The fraction of sp³-hybridized carbons (Fsp3) is 0.579. The SMILES string of the molecule is C[C@@H]([C@H](O[Si](C)(C)C(C)(C)C)c1nnn(C)n1)N(Cc1ccccc1)C(=O)O. The Bertz CT molecular complexity index is 788.